The van der Waals surface area contributed by atoms with E-state index < -0.39 is 46.0 Å². The van der Waals surface area contributed by atoms with Crippen molar-refractivity contribution in [3.63, 3.8) is 0 Å². The maximum absolute atomic E-state index is 13.1. The van der Waals surface area contributed by atoms with E-state index in [0.717, 1.165) is 0 Å². The molecule has 2 saturated heterocycles. The first-order chi connectivity index (χ1) is 14.8. The van der Waals surface area contributed by atoms with Crippen LogP contribution >= 0.6 is 11.8 Å². The zero-order chi connectivity index (χ0) is 22.2. The molecule has 2 aromatic rings. The number of nitrogens with one attached hydrogen (secondary N) is 1. The fourth-order valence-corrected chi connectivity index (χ4v) is 5.53. The topological polar surface area (TPSA) is 111 Å². The average molecular weight is 439 g/mol. The van der Waals surface area contributed by atoms with Gasteiger partial charge in [0, 0.05) is 4.75 Å². The molecule has 160 valence electrons. The Hall–Kier alpha value is -3.20. The lowest BCUT2D eigenvalue weighted by Crippen LogP contribution is -2.70. The van der Waals surface area contributed by atoms with Crippen molar-refractivity contribution in [3.05, 3.63) is 66.2 Å². The van der Waals surface area contributed by atoms with Gasteiger partial charge in [-0.1, -0.05) is 48.5 Å². The molecule has 2 amide bonds. The normalized spacial score (nSPS) is 25.0. The number of fused-ring (bicyclic) bond motifs is 1. The predicted octanol–water partition coefficient (Wildman–Crippen LogP) is 3.14. The fourth-order valence-electron chi connectivity index (χ4n) is 3.90. The number of nitrogens with zero attached hydrogens (tertiary/aromatic N) is 3. The fraction of sp³-hybridized carbons (Fsp3) is 0.318. The van der Waals surface area contributed by atoms with Crippen LogP contribution in [-0.4, -0.2) is 50.0 Å². The van der Waals surface area contributed by atoms with Gasteiger partial charge >= 0.3 is 5.97 Å². The monoisotopic (exact) mass is 438 g/mol. The zero-order valence-electron chi connectivity index (χ0n) is 17.0. The second-order valence-corrected chi connectivity index (χ2v) is 9.72. The number of thioether (sulfide) groups is 1. The number of azo groups is 1. The van der Waals surface area contributed by atoms with Gasteiger partial charge in [0.2, 0.25) is 5.91 Å². The molecule has 0 aliphatic carbocycles. The molecule has 2 heterocycles. The molecule has 9 heteroatoms. The maximum atomic E-state index is 13.1. The van der Waals surface area contributed by atoms with Gasteiger partial charge in [0.15, 0.2) is 6.04 Å². The van der Waals surface area contributed by atoms with Gasteiger partial charge in [0.1, 0.15) is 17.5 Å². The zero-order valence-corrected chi connectivity index (χ0v) is 17.8. The molecule has 2 aliphatic rings. The Morgan fingerprint density at radius 3 is 2.32 bits per heavy atom. The molecule has 8 nitrogen and oxygen atoms in total. The molecule has 2 aliphatic heterocycles. The third kappa shape index (κ3) is 3.93. The van der Waals surface area contributed by atoms with Gasteiger partial charge in [-0.15, -0.1) is 11.8 Å². The summed E-state index contributed by atoms with van der Waals surface area (Å²) in [5, 5.41) is 20.3. The van der Waals surface area contributed by atoms with Crippen molar-refractivity contribution in [3.8, 4) is 0 Å². The maximum Gasteiger partial charge on any atom is 0.327 e. The van der Waals surface area contributed by atoms with Crippen LogP contribution in [0.2, 0.25) is 0 Å². The Labute approximate surface area is 183 Å². The van der Waals surface area contributed by atoms with Crippen molar-refractivity contribution in [2.75, 3.05) is 0 Å². The molecule has 0 saturated carbocycles. The van der Waals surface area contributed by atoms with Gasteiger partial charge < -0.3 is 15.3 Å². The number of carboxylic acid groups (broad SMARTS) is 1. The molecular weight excluding hydrogens is 416 g/mol. The third-order valence-electron chi connectivity index (χ3n) is 5.38. The first-order valence-corrected chi connectivity index (χ1v) is 10.7. The van der Waals surface area contributed by atoms with Crippen LogP contribution in [0.1, 0.15) is 25.5 Å². The second kappa shape index (κ2) is 8.14. The van der Waals surface area contributed by atoms with Crippen LogP contribution in [0.25, 0.3) is 0 Å². The van der Waals surface area contributed by atoms with Crippen molar-refractivity contribution in [2.45, 2.75) is 42.1 Å². The lowest BCUT2D eigenvalue weighted by Gasteiger charge is -2.43. The number of hydrogen-bond donors (Lipinski definition) is 2. The van der Waals surface area contributed by atoms with E-state index in [2.05, 4.69) is 15.5 Å². The highest BCUT2D eigenvalue weighted by Crippen LogP contribution is 2.50. The van der Waals surface area contributed by atoms with E-state index in [1.807, 2.05) is 24.3 Å². The Bertz CT molecular complexity index is 1030. The minimum Gasteiger partial charge on any atom is -0.480 e. The number of hydrogen-bond acceptors (Lipinski definition) is 6. The summed E-state index contributed by atoms with van der Waals surface area (Å²) >= 11 is 1.38. The van der Waals surface area contributed by atoms with Gasteiger partial charge in [0.25, 0.3) is 5.91 Å². The molecule has 0 spiro atoms. The summed E-state index contributed by atoms with van der Waals surface area (Å²) in [6.07, 6.45) is 0. The van der Waals surface area contributed by atoms with E-state index in [-0.39, 0.29) is 0 Å². The van der Waals surface area contributed by atoms with Gasteiger partial charge in [-0.3, -0.25) is 9.59 Å². The van der Waals surface area contributed by atoms with Crippen LogP contribution in [0, 0.1) is 0 Å². The number of carbonyl (C=O) groups is 3. The number of rotatable bonds is 6. The molecule has 2 aromatic carbocycles. The van der Waals surface area contributed by atoms with E-state index >= 15 is 0 Å². The second-order valence-electron chi connectivity index (χ2n) is 7.95. The number of β-lactam (4-membered cyclic amide) rings is 1. The molecule has 4 rings (SSSR count). The summed E-state index contributed by atoms with van der Waals surface area (Å²) in [5.41, 5.74) is 1.26. The van der Waals surface area contributed by atoms with Gasteiger partial charge in [0.05, 0.1) is 5.69 Å². The number of amides is 2. The van der Waals surface area contributed by atoms with E-state index in [1.54, 1.807) is 50.2 Å². The highest BCUT2D eigenvalue weighted by Gasteiger charge is 2.64. The van der Waals surface area contributed by atoms with E-state index in [9.17, 15) is 19.5 Å². The van der Waals surface area contributed by atoms with Crippen LogP contribution in [0.3, 0.4) is 0 Å². The third-order valence-corrected chi connectivity index (χ3v) is 6.95. The largest absolute Gasteiger partial charge is 0.480 e. The van der Waals surface area contributed by atoms with Gasteiger partial charge in [-0.05, 0) is 31.5 Å². The van der Waals surface area contributed by atoms with Crippen molar-refractivity contribution < 1.29 is 19.5 Å². The van der Waals surface area contributed by atoms with Gasteiger partial charge in [-0.2, -0.15) is 10.2 Å². The van der Waals surface area contributed by atoms with Crippen LogP contribution in [-0.2, 0) is 14.4 Å². The molecule has 0 bridgehead atoms. The van der Waals surface area contributed by atoms with E-state index in [1.165, 1.54) is 16.7 Å². The quantitative estimate of drug-likeness (QED) is 0.532. The summed E-state index contributed by atoms with van der Waals surface area (Å²) in [6, 6.07) is 15.4. The molecule has 31 heavy (non-hydrogen) atoms. The Kier molecular flexibility index (Phi) is 5.53. The molecule has 2 N–H and O–H groups in total. The van der Waals surface area contributed by atoms with E-state index in [0.29, 0.717) is 11.3 Å². The molecule has 2 fully saturated rings. The predicted molar refractivity (Wildman–Crippen MR) is 116 cm³/mol. The van der Waals surface area contributed by atoms with Crippen LogP contribution < -0.4 is 5.32 Å². The molecule has 1 unspecified atom stereocenters. The lowest BCUT2D eigenvalue weighted by molar-refractivity contribution is -0.161. The van der Waals surface area contributed by atoms with Crippen LogP contribution in [0.15, 0.2) is 70.9 Å². The number of benzene rings is 2. The Balaban J connectivity index is 1.54. The van der Waals surface area contributed by atoms with Crippen LogP contribution in [0.5, 0.6) is 0 Å². The molecule has 0 aromatic heterocycles. The van der Waals surface area contributed by atoms with E-state index in [4.69, 9.17) is 0 Å². The standard InChI is InChI=1S/C22H22N4O4S/c1-22(2)17(21(29)30)26-19(28)16(20(26)31-22)23-18(27)15(13-9-5-3-6-10-13)25-24-14-11-7-4-8-12-14/h3-12,15-17,20H,1-2H3,(H,23,27)(H,29,30)/t15?,16-,17+,20-/m1/s1. The minimum atomic E-state index is -1.04. The Morgan fingerprint density at radius 2 is 1.71 bits per heavy atom. The number of aliphatic carboxylic acids is 1. The van der Waals surface area contributed by atoms with Crippen molar-refractivity contribution in [1.29, 1.82) is 0 Å². The summed E-state index contributed by atoms with van der Waals surface area (Å²) in [4.78, 5) is 38.8. The summed E-state index contributed by atoms with van der Waals surface area (Å²) < 4.78 is -0.655. The summed E-state index contributed by atoms with van der Waals surface area (Å²) in [5.74, 6) is -1.89. The first kappa shape index (κ1) is 21.0. The summed E-state index contributed by atoms with van der Waals surface area (Å²) in [6.45, 7) is 3.59. The van der Waals surface area contributed by atoms with Gasteiger partial charge in [-0.25, -0.2) is 4.79 Å². The number of carbonyl (C=O) groups excluding carboxylic acids is 2. The van der Waals surface area contributed by atoms with Crippen LogP contribution in [0.4, 0.5) is 5.69 Å². The smallest absolute Gasteiger partial charge is 0.327 e. The molecule has 0 radical (unpaired) electrons. The summed E-state index contributed by atoms with van der Waals surface area (Å²) in [7, 11) is 0. The SMILES string of the molecule is CC1(C)S[C@@H]2[C@H](NC(=O)C(N=Nc3ccccc3)c3ccccc3)C(=O)N2[C@H]1C(=O)O. The minimum absolute atomic E-state index is 0.393. The number of carboxylic acids is 1. The van der Waals surface area contributed by atoms with Crippen molar-refractivity contribution in [2.24, 2.45) is 10.2 Å². The molecule has 4 atom stereocenters. The molecular formula is C22H22N4O4S. The highest BCUT2D eigenvalue weighted by molar-refractivity contribution is 8.01. The first-order valence-electron chi connectivity index (χ1n) is 9.83. The average Bonchev–Trinajstić information content (AvgIpc) is 3.01. The lowest BCUT2D eigenvalue weighted by atomic mass is 9.95. The van der Waals surface area contributed by atoms with Crippen molar-refractivity contribution >= 4 is 35.2 Å². The Morgan fingerprint density at radius 1 is 1.10 bits per heavy atom. The highest BCUT2D eigenvalue weighted by atomic mass is 32.2. The van der Waals surface area contributed by atoms with Crippen molar-refractivity contribution in [1.82, 2.24) is 10.2 Å².